The first kappa shape index (κ1) is 25.7. The molecule has 1 rings (SSSR count). The molecule has 0 fully saturated rings. The van der Waals surface area contributed by atoms with E-state index in [9.17, 15) is 19.8 Å². The Morgan fingerprint density at radius 2 is 1.21 bits per heavy atom. The van der Waals surface area contributed by atoms with Crippen molar-refractivity contribution in [2.24, 2.45) is 16.7 Å². The number of hydrogen-bond donors (Lipinski definition) is 2. The Kier molecular flexibility index (Phi) is 11.6. The van der Waals surface area contributed by atoms with Gasteiger partial charge < -0.3 is 10.2 Å². The van der Waals surface area contributed by atoms with Crippen LogP contribution in [0.2, 0.25) is 0 Å². The van der Waals surface area contributed by atoms with Gasteiger partial charge in [0.15, 0.2) is 0 Å². The van der Waals surface area contributed by atoms with Gasteiger partial charge in [-0.25, -0.2) is 0 Å². The molecule has 2 atom stereocenters. The van der Waals surface area contributed by atoms with E-state index in [0.717, 1.165) is 19.3 Å². The van der Waals surface area contributed by atoms with Crippen molar-refractivity contribution < 1.29 is 19.8 Å². The first-order chi connectivity index (χ1) is 13.8. The number of carbonyl (C=O) groups is 2. The predicted molar refractivity (Wildman–Crippen MR) is 119 cm³/mol. The Labute approximate surface area is 178 Å². The van der Waals surface area contributed by atoms with E-state index in [4.69, 9.17) is 0 Å². The molecule has 0 spiro atoms. The fraction of sp³-hybridized carbons (Fsp3) is 0.840. The number of carboxylic acids is 2. The molecule has 0 aromatic heterocycles. The van der Waals surface area contributed by atoms with E-state index in [1.54, 1.807) is 0 Å². The van der Waals surface area contributed by atoms with Crippen molar-refractivity contribution in [2.45, 2.75) is 117 Å². The molecular formula is C25H44O4. The molecule has 0 radical (unpaired) electrons. The Morgan fingerprint density at radius 1 is 0.759 bits per heavy atom. The number of rotatable bonds is 16. The van der Waals surface area contributed by atoms with E-state index >= 15 is 0 Å². The van der Waals surface area contributed by atoms with E-state index in [1.807, 2.05) is 26.0 Å². The first-order valence-electron chi connectivity index (χ1n) is 12.0. The monoisotopic (exact) mass is 408 g/mol. The lowest BCUT2D eigenvalue weighted by Gasteiger charge is -2.49. The molecule has 0 aliphatic heterocycles. The van der Waals surface area contributed by atoms with Gasteiger partial charge in [-0.2, -0.15) is 0 Å². The predicted octanol–water partition coefficient (Wildman–Crippen LogP) is 7.23. The minimum Gasteiger partial charge on any atom is -0.481 e. The van der Waals surface area contributed by atoms with Gasteiger partial charge in [0.05, 0.1) is 10.8 Å². The third-order valence-electron chi connectivity index (χ3n) is 7.16. The molecule has 4 heteroatoms. The SMILES string of the molecule is CCCCCCCCCCCCCCC1(C(=O)O)CC=CCC1(C(=O)O)C(C)C. The van der Waals surface area contributed by atoms with Crippen LogP contribution >= 0.6 is 0 Å². The zero-order valence-electron chi connectivity index (χ0n) is 19.0. The topological polar surface area (TPSA) is 74.6 Å². The number of carboxylic acid groups (broad SMARTS) is 2. The van der Waals surface area contributed by atoms with Gasteiger partial charge in [0.2, 0.25) is 0 Å². The molecule has 168 valence electrons. The van der Waals surface area contributed by atoms with Crippen molar-refractivity contribution in [2.75, 3.05) is 0 Å². The highest BCUT2D eigenvalue weighted by Gasteiger charge is 2.62. The molecule has 0 saturated carbocycles. The second-order valence-corrected chi connectivity index (χ2v) is 9.34. The van der Waals surface area contributed by atoms with Crippen LogP contribution in [0, 0.1) is 16.7 Å². The van der Waals surface area contributed by atoms with Crippen LogP contribution in [-0.2, 0) is 9.59 Å². The fourth-order valence-corrected chi connectivity index (χ4v) is 5.24. The molecule has 0 heterocycles. The summed E-state index contributed by atoms with van der Waals surface area (Å²) in [4.78, 5) is 24.6. The summed E-state index contributed by atoms with van der Waals surface area (Å²) in [5.74, 6) is -2.13. The van der Waals surface area contributed by atoms with E-state index in [2.05, 4.69) is 6.92 Å². The smallest absolute Gasteiger partial charge is 0.311 e. The molecule has 2 N–H and O–H groups in total. The van der Waals surface area contributed by atoms with Gasteiger partial charge in [-0.1, -0.05) is 110 Å². The lowest BCUT2D eigenvalue weighted by molar-refractivity contribution is -0.181. The lowest BCUT2D eigenvalue weighted by Crippen LogP contribution is -2.56. The average molecular weight is 409 g/mol. The highest BCUT2D eigenvalue weighted by molar-refractivity contribution is 5.87. The molecule has 0 amide bonds. The van der Waals surface area contributed by atoms with Crippen LogP contribution < -0.4 is 0 Å². The lowest BCUT2D eigenvalue weighted by atomic mass is 9.51. The van der Waals surface area contributed by atoms with Gasteiger partial charge in [-0.15, -0.1) is 0 Å². The van der Waals surface area contributed by atoms with Gasteiger partial charge in [-0.05, 0) is 25.2 Å². The van der Waals surface area contributed by atoms with E-state index < -0.39 is 22.8 Å². The average Bonchev–Trinajstić information content (AvgIpc) is 2.68. The van der Waals surface area contributed by atoms with Gasteiger partial charge in [0.25, 0.3) is 0 Å². The third kappa shape index (κ3) is 6.58. The Morgan fingerprint density at radius 3 is 1.62 bits per heavy atom. The minimum atomic E-state index is -1.22. The van der Waals surface area contributed by atoms with Crippen molar-refractivity contribution in [1.82, 2.24) is 0 Å². The molecule has 29 heavy (non-hydrogen) atoms. The van der Waals surface area contributed by atoms with E-state index in [0.29, 0.717) is 19.3 Å². The summed E-state index contributed by atoms with van der Waals surface area (Å²) in [5, 5.41) is 20.1. The quantitative estimate of drug-likeness (QED) is 0.209. The molecule has 4 nitrogen and oxygen atoms in total. The van der Waals surface area contributed by atoms with Crippen molar-refractivity contribution in [3.05, 3.63) is 12.2 Å². The zero-order valence-corrected chi connectivity index (χ0v) is 19.0. The molecule has 0 aromatic rings. The molecular weight excluding hydrogens is 364 g/mol. The summed E-state index contributed by atoms with van der Waals surface area (Å²) in [6.45, 7) is 5.95. The van der Waals surface area contributed by atoms with Crippen LogP contribution in [0.25, 0.3) is 0 Å². The Balaban J connectivity index is 2.44. The second kappa shape index (κ2) is 13.1. The maximum absolute atomic E-state index is 12.3. The van der Waals surface area contributed by atoms with Crippen LogP contribution in [0.4, 0.5) is 0 Å². The highest BCUT2D eigenvalue weighted by Crippen LogP contribution is 2.56. The van der Waals surface area contributed by atoms with Crippen LogP contribution in [-0.4, -0.2) is 22.2 Å². The zero-order chi connectivity index (χ0) is 21.8. The maximum Gasteiger partial charge on any atom is 0.311 e. The first-order valence-corrected chi connectivity index (χ1v) is 12.0. The van der Waals surface area contributed by atoms with Crippen molar-refractivity contribution >= 4 is 11.9 Å². The molecule has 0 saturated heterocycles. The molecule has 1 aliphatic carbocycles. The van der Waals surface area contributed by atoms with E-state index in [1.165, 1.54) is 57.8 Å². The second-order valence-electron chi connectivity index (χ2n) is 9.34. The summed E-state index contributed by atoms with van der Waals surface area (Å²) >= 11 is 0. The third-order valence-corrected chi connectivity index (χ3v) is 7.16. The van der Waals surface area contributed by atoms with Gasteiger partial charge >= 0.3 is 11.9 Å². The minimum absolute atomic E-state index is 0.224. The number of hydrogen-bond acceptors (Lipinski definition) is 2. The Bertz CT molecular complexity index is 525. The summed E-state index contributed by atoms with van der Waals surface area (Å²) in [6, 6.07) is 0. The summed E-state index contributed by atoms with van der Waals surface area (Å²) in [6.07, 6.45) is 19.5. The van der Waals surface area contributed by atoms with Crippen LogP contribution in [0.5, 0.6) is 0 Å². The van der Waals surface area contributed by atoms with Crippen molar-refractivity contribution in [1.29, 1.82) is 0 Å². The molecule has 0 bridgehead atoms. The number of aliphatic carboxylic acids is 2. The van der Waals surface area contributed by atoms with Gasteiger partial charge in [0, 0.05) is 0 Å². The summed E-state index contributed by atoms with van der Waals surface area (Å²) in [7, 11) is 0. The van der Waals surface area contributed by atoms with E-state index in [-0.39, 0.29) is 5.92 Å². The summed E-state index contributed by atoms with van der Waals surface area (Å²) < 4.78 is 0. The van der Waals surface area contributed by atoms with Crippen LogP contribution in [0.15, 0.2) is 12.2 Å². The highest BCUT2D eigenvalue weighted by atomic mass is 16.4. The molecule has 0 aromatic carbocycles. The Hall–Kier alpha value is -1.32. The summed E-state index contributed by atoms with van der Waals surface area (Å²) in [5.41, 5.74) is -2.41. The van der Waals surface area contributed by atoms with Gasteiger partial charge in [-0.3, -0.25) is 9.59 Å². The number of allylic oxidation sites excluding steroid dienone is 2. The fourth-order valence-electron chi connectivity index (χ4n) is 5.24. The van der Waals surface area contributed by atoms with Crippen molar-refractivity contribution in [3.63, 3.8) is 0 Å². The molecule has 1 aliphatic rings. The van der Waals surface area contributed by atoms with Crippen molar-refractivity contribution in [3.8, 4) is 0 Å². The standard InChI is InChI=1S/C25H44O4/c1-4-5-6-7-8-9-10-11-12-13-14-15-18-24(22(26)27)19-16-17-20-25(24,21(2)3)23(28)29/h16-17,21H,4-15,18-20H2,1-3H3,(H,26,27)(H,28,29). The van der Waals surface area contributed by atoms with Crippen LogP contribution in [0.1, 0.15) is 117 Å². The molecule has 2 unspecified atom stereocenters. The van der Waals surface area contributed by atoms with Gasteiger partial charge in [0.1, 0.15) is 0 Å². The number of unbranched alkanes of at least 4 members (excludes halogenated alkanes) is 11. The largest absolute Gasteiger partial charge is 0.481 e. The normalized spacial score (nSPS) is 24.1. The van der Waals surface area contributed by atoms with Crippen LogP contribution in [0.3, 0.4) is 0 Å². The maximum atomic E-state index is 12.3.